The van der Waals surface area contributed by atoms with Gasteiger partial charge in [-0.15, -0.1) is 13.2 Å². The second kappa shape index (κ2) is 42.2. The topological polar surface area (TPSA) is 647 Å². The molecule has 716 valence electrons. The number of aliphatic hydroxyl groups excluding tert-OH is 6. The van der Waals surface area contributed by atoms with Crippen LogP contribution < -0.4 is 93.3 Å². The predicted molar refractivity (Wildman–Crippen MR) is 454 cm³/mol. The van der Waals surface area contributed by atoms with E-state index in [-0.39, 0.29) is 42.1 Å². The fourth-order valence-electron chi connectivity index (χ4n) is 15.7. The maximum atomic E-state index is 16.4. The zero-order valence-corrected chi connectivity index (χ0v) is 73.1. The Bertz CT molecular complexity index is 5410. The SMILES string of the molecule is CNC(CC(C)C)C(=O)NC1C(=O)NC(CC(N)=O)C(=O)NC2C(=O)NC3C(=O)NC(C(=O)NC(C(=O)NOCCNS(N)(=O)=O)c4cc(O)cc(O)c4-c4cc3ccc4O)C(O)c3ccc(c(Cl)c3)Oc3cc2cc(c3OC2OC(CO)C(O)C(O)C2OC2CC(C)(NCCN3CCN(NC(=O)Nc4ccc(OC(F)(F)F)cc4)CC3)C(O)C(C)O2)Oc2ccc(cc2Cl)C1O. The number of nitrogens with two attached hydrogens (primary N) is 2. The van der Waals surface area contributed by atoms with Crippen molar-refractivity contribution in [2.45, 2.75) is 163 Å². The van der Waals surface area contributed by atoms with Crippen molar-refractivity contribution in [1.29, 1.82) is 0 Å². The molecule has 18 atom stereocenters. The summed E-state index contributed by atoms with van der Waals surface area (Å²) in [4.78, 5) is 141. The summed E-state index contributed by atoms with van der Waals surface area (Å²) < 4.78 is 107. The number of carbonyl (C=O) groups excluding carboxylic acids is 9. The highest BCUT2D eigenvalue weighted by molar-refractivity contribution is 7.87. The average Bonchev–Trinajstić information content (AvgIpc) is 0.763. The van der Waals surface area contributed by atoms with E-state index in [2.05, 4.69) is 58.0 Å². The van der Waals surface area contributed by atoms with Crippen LogP contribution in [0.1, 0.15) is 105 Å². The summed E-state index contributed by atoms with van der Waals surface area (Å²) in [5.41, 5.74) is 6.25. The number of amides is 10. The number of benzene rings is 6. The zero-order chi connectivity index (χ0) is 95.9. The molecule has 10 amide bonds. The molecular weight excluding hydrogens is 1820 g/mol. The molecule has 0 radical (unpaired) electrons. The number of phenols is 3. The number of anilines is 1. The number of aromatic hydroxyl groups is 3. The van der Waals surface area contributed by atoms with E-state index in [9.17, 15) is 86.7 Å². The van der Waals surface area contributed by atoms with Crippen LogP contribution in [0, 0.1) is 5.92 Å². The first-order valence-corrected chi connectivity index (χ1v) is 43.4. The Labute approximate surface area is 760 Å². The molecule has 0 spiro atoms. The lowest BCUT2D eigenvalue weighted by Gasteiger charge is -2.48. The van der Waals surface area contributed by atoms with Crippen LogP contribution in [-0.2, 0) is 67.6 Å². The number of phenolic OH excluding ortho intramolecular Hbond substituents is 3. The van der Waals surface area contributed by atoms with Gasteiger partial charge in [0.2, 0.25) is 53.4 Å². The number of hydrogen-bond acceptors (Lipinski definition) is 32. The average molecular weight is 1920 g/mol. The summed E-state index contributed by atoms with van der Waals surface area (Å²) in [6, 6.07) is 2.48. The van der Waals surface area contributed by atoms with Crippen molar-refractivity contribution < 1.29 is 149 Å². The van der Waals surface area contributed by atoms with Gasteiger partial charge in [-0.05, 0) is 140 Å². The van der Waals surface area contributed by atoms with E-state index in [0.29, 0.717) is 32.7 Å². The Morgan fingerprint density at radius 2 is 1.35 bits per heavy atom. The summed E-state index contributed by atoms with van der Waals surface area (Å²) in [6.07, 6.45) is -24.4. The molecule has 6 aromatic rings. The Kier molecular flexibility index (Phi) is 31.9. The van der Waals surface area contributed by atoms with Gasteiger partial charge in [0.15, 0.2) is 23.9 Å². The molecule has 25 N–H and O–H groups in total. The second-order valence-corrected chi connectivity index (χ2v) is 34.6. The highest BCUT2D eigenvalue weighted by atomic mass is 35.5. The van der Waals surface area contributed by atoms with Crippen LogP contribution >= 0.6 is 23.2 Å². The molecule has 50 heteroatoms. The molecule has 132 heavy (non-hydrogen) atoms. The van der Waals surface area contributed by atoms with Gasteiger partial charge in [0.1, 0.15) is 101 Å². The Balaban J connectivity index is 0.960. The van der Waals surface area contributed by atoms with E-state index < -0.39 is 295 Å². The third-order valence-electron chi connectivity index (χ3n) is 22.4. The smallest absolute Gasteiger partial charge is 0.508 e. The molecule has 3 saturated heterocycles. The molecule has 44 nitrogen and oxygen atoms in total. The van der Waals surface area contributed by atoms with Crippen LogP contribution in [0.25, 0.3) is 11.1 Å². The van der Waals surface area contributed by atoms with E-state index in [0.717, 1.165) is 84.9 Å². The van der Waals surface area contributed by atoms with Gasteiger partial charge in [-0.2, -0.15) is 8.42 Å². The number of nitrogens with one attached hydrogen (secondary N) is 12. The van der Waals surface area contributed by atoms with Crippen molar-refractivity contribution in [2.75, 3.05) is 71.4 Å². The lowest BCUT2D eigenvalue weighted by molar-refractivity contribution is -0.334. The number of likely N-dealkylation sites (N-methyl/N-ethyl adjacent to an activating group) is 1. The molecule has 8 heterocycles. The first kappa shape index (κ1) is 99.6. The Morgan fingerprint density at radius 1 is 0.720 bits per heavy atom. The van der Waals surface area contributed by atoms with Crippen LogP contribution in [0.5, 0.6) is 51.7 Å². The second-order valence-electron chi connectivity index (χ2n) is 32.4. The molecule has 0 aromatic heterocycles. The molecule has 14 rings (SSSR count). The lowest BCUT2D eigenvalue weighted by atomic mass is 9.85. The van der Waals surface area contributed by atoms with Crippen LogP contribution in [-0.4, -0.2) is 269 Å². The number of hydroxylamine groups is 1. The summed E-state index contributed by atoms with van der Waals surface area (Å²) in [6.45, 7) is 6.60. The molecule has 11 bridgehead atoms. The normalized spacial score (nSPS) is 26.4. The number of halogens is 5. The Hall–Kier alpha value is -11.4. The number of alkyl halides is 3. The van der Waals surface area contributed by atoms with Crippen LogP contribution in [0.15, 0.2) is 103 Å². The van der Waals surface area contributed by atoms with Crippen molar-refractivity contribution >= 4 is 92.4 Å². The summed E-state index contributed by atoms with van der Waals surface area (Å²) in [5.74, 6) is -16.8. The van der Waals surface area contributed by atoms with E-state index in [1.165, 1.54) is 32.2 Å². The molecule has 8 aliphatic heterocycles. The minimum atomic E-state index is -4.92. The van der Waals surface area contributed by atoms with Crippen molar-refractivity contribution in [3.05, 3.63) is 141 Å². The molecule has 3 fully saturated rings. The number of nitrogens with zero attached hydrogens (tertiary/aromatic N) is 2. The van der Waals surface area contributed by atoms with E-state index in [1.807, 2.05) is 15.1 Å². The zero-order valence-electron chi connectivity index (χ0n) is 70.8. The van der Waals surface area contributed by atoms with Gasteiger partial charge < -0.3 is 133 Å². The fraction of sp³-hybridized carbons (Fsp3) is 0.451. The molecule has 8 aliphatic rings. The summed E-state index contributed by atoms with van der Waals surface area (Å²) in [5, 5.41) is 136. The standard InChI is InChI=1S/C82H99Cl2F3N16O28S/c1-35(2)24-48(90-5)72(114)98-63-65(109)38-7-14-52(46(83)26-38)126-54-28-40-29-55(69(54)130-79-70(68(112)67(111)56(34-104)128-79)129-58-33-81(4,71(113)36(3)125-58)91-16-18-102-19-21-103(22-20-102)100-80(121)93-41-9-11-43(12-10-41)131-82(85,86)87)127-53-15-8-39(27-47(53)84)66(110)64-77(119)97-62(78(120)101-124-23-17-92-132(89,122)123)45-30-42(105)31-51(107)59(45)44-25-37(6-13-50(44)106)60(74(116)99-64)96-75(117)61(40)95-73(115)49(32-57(88)108)94-76(63)118/h6-15,25-31,35-36,48-49,56,58,60-68,70-71,79,90-92,104-107,109-113H,16-24,32-34H2,1-5H3,(H2,88,108)(H,94,118)(H,95,115)(H,96,117)(H,97,119)(H,98,114)(H,99,116)(H,101,120)(H2,89,122,123)(H2,93,100,121). The molecule has 18 unspecified atom stereocenters. The maximum Gasteiger partial charge on any atom is 0.573 e. The minimum Gasteiger partial charge on any atom is -0.508 e. The largest absolute Gasteiger partial charge is 0.573 e. The molecule has 0 saturated carbocycles. The van der Waals surface area contributed by atoms with Gasteiger partial charge in [0.05, 0.1) is 47.9 Å². The number of fused-ring (bicyclic) bond motifs is 15. The molecule has 6 aromatic carbocycles. The lowest BCUT2D eigenvalue weighted by Crippen LogP contribution is -2.66. The van der Waals surface area contributed by atoms with Gasteiger partial charge in [-0.3, -0.25) is 53.5 Å². The number of ether oxygens (including phenoxy) is 7. The van der Waals surface area contributed by atoms with Crippen LogP contribution in [0.4, 0.5) is 23.7 Å². The van der Waals surface area contributed by atoms with E-state index in [1.54, 1.807) is 25.8 Å². The van der Waals surface area contributed by atoms with Crippen molar-refractivity contribution in [1.82, 2.24) is 68.1 Å². The van der Waals surface area contributed by atoms with Gasteiger partial charge in [-0.25, -0.2) is 25.1 Å². The van der Waals surface area contributed by atoms with Gasteiger partial charge in [0.25, 0.3) is 16.1 Å². The monoisotopic (exact) mass is 1910 g/mol. The summed E-state index contributed by atoms with van der Waals surface area (Å²) >= 11 is 14.4. The highest BCUT2D eigenvalue weighted by Gasteiger charge is 2.53. The first-order chi connectivity index (χ1) is 62.3. The molecular formula is C82H99Cl2F3N16O28S. The van der Waals surface area contributed by atoms with Crippen LogP contribution in [0.2, 0.25) is 10.0 Å². The number of hydrogen-bond donors (Lipinski definition) is 23. The number of carbonyl (C=O) groups is 9. The van der Waals surface area contributed by atoms with Crippen molar-refractivity contribution in [2.24, 2.45) is 16.8 Å². The van der Waals surface area contributed by atoms with Crippen molar-refractivity contribution in [3.8, 4) is 62.9 Å². The summed E-state index contributed by atoms with van der Waals surface area (Å²) in [7, 11) is -2.85. The molecule has 0 aliphatic carbocycles. The van der Waals surface area contributed by atoms with Gasteiger partial charge in [-0.1, -0.05) is 55.2 Å². The number of urea groups is 1. The van der Waals surface area contributed by atoms with Gasteiger partial charge in [0, 0.05) is 80.7 Å². The fourth-order valence-corrected chi connectivity index (χ4v) is 16.5. The number of piperazine rings is 1. The predicted octanol–water partition coefficient (Wildman–Crippen LogP) is -0.254. The van der Waals surface area contributed by atoms with Crippen molar-refractivity contribution in [3.63, 3.8) is 0 Å². The third-order valence-corrected chi connectivity index (χ3v) is 23.6. The third kappa shape index (κ3) is 24.4. The quantitative estimate of drug-likeness (QED) is 0.0259. The van der Waals surface area contributed by atoms with Gasteiger partial charge >= 0.3 is 12.4 Å². The first-order valence-electron chi connectivity index (χ1n) is 41.1. The number of hydrazine groups is 1. The Morgan fingerprint density at radius 3 is 1.96 bits per heavy atom. The minimum absolute atomic E-state index is 0.141. The van der Waals surface area contributed by atoms with E-state index >= 15 is 24.0 Å². The van der Waals surface area contributed by atoms with E-state index in [4.69, 9.17) is 67.3 Å². The maximum absolute atomic E-state index is 16.4. The number of rotatable bonds is 25. The number of primary amides is 1. The number of aliphatic hydroxyl groups is 6. The van der Waals surface area contributed by atoms with Crippen LogP contribution in [0.3, 0.4) is 0 Å². The highest BCUT2D eigenvalue weighted by Crippen LogP contribution is 2.50.